The number of hydrogen-bond acceptors (Lipinski definition) is 9. The topological polar surface area (TPSA) is 156 Å². The number of aliphatic hydroxyl groups excluding tert-OH is 1. The second-order valence-corrected chi connectivity index (χ2v) is 14.6. The fourth-order valence-electron chi connectivity index (χ4n) is 5.54. The van der Waals surface area contributed by atoms with Crippen LogP contribution in [0.5, 0.6) is 0 Å². The number of amides is 2. The minimum absolute atomic E-state index is 0.00470. The lowest BCUT2D eigenvalue weighted by Gasteiger charge is -2.30. The van der Waals surface area contributed by atoms with Crippen LogP contribution in [0.2, 0.25) is 5.02 Å². The van der Waals surface area contributed by atoms with E-state index in [2.05, 4.69) is 20.7 Å². The Morgan fingerprint density at radius 3 is 2.51 bits per heavy atom. The molecule has 3 aromatic carbocycles. The first kappa shape index (κ1) is 36.0. The van der Waals surface area contributed by atoms with Gasteiger partial charge in [-0.25, -0.2) is 18.2 Å². The quantitative estimate of drug-likeness (QED) is 0.143. The number of anilines is 1. The maximum absolute atomic E-state index is 14.3. The van der Waals surface area contributed by atoms with E-state index in [1.54, 1.807) is 72.0 Å². The van der Waals surface area contributed by atoms with E-state index in [4.69, 9.17) is 16.3 Å². The number of halogens is 1. The molecule has 0 aliphatic rings. The number of rotatable bonds is 14. The molecule has 2 aromatic heterocycles. The van der Waals surface area contributed by atoms with Crippen LogP contribution in [0.15, 0.2) is 83.3 Å². The summed E-state index contributed by atoms with van der Waals surface area (Å²) >= 11 is 7.69. The van der Waals surface area contributed by atoms with E-state index in [0.29, 0.717) is 45.0 Å². The molecule has 12 nitrogen and oxygen atoms in total. The van der Waals surface area contributed by atoms with Gasteiger partial charge in [0.05, 0.1) is 40.0 Å². The molecule has 0 spiro atoms. The number of carbonyl (C=O) groups excluding carboxylic acids is 2. The molecule has 2 atom stereocenters. The number of aryl methyl sites for hydroxylation is 3. The van der Waals surface area contributed by atoms with Crippen LogP contribution in [-0.4, -0.2) is 70.4 Å². The largest absolute Gasteiger partial charge is 0.453 e. The molecule has 15 heteroatoms. The highest BCUT2D eigenvalue weighted by atomic mass is 35.5. The van der Waals surface area contributed by atoms with E-state index in [-0.39, 0.29) is 24.3 Å². The fourth-order valence-corrected chi connectivity index (χ4v) is 8.19. The zero-order valence-electron chi connectivity index (χ0n) is 27.2. The second-order valence-electron chi connectivity index (χ2n) is 11.5. The number of benzene rings is 3. The number of nitrogens with zero attached hydrogens (tertiary/aromatic N) is 4. The average molecular weight is 725 g/mol. The van der Waals surface area contributed by atoms with Gasteiger partial charge in [-0.2, -0.15) is 9.40 Å². The third-order valence-corrected chi connectivity index (χ3v) is 11.2. The highest BCUT2D eigenvalue weighted by molar-refractivity contribution is 7.89. The molecular weight excluding hydrogens is 688 g/mol. The SMILES string of the molecule is COC(=O)N[C@@H](Cc1ccccc1Cl)C(=O)Nc1ccccc1CC[C@@H](CO)N(Cc1cn(C)nc1C)S(=O)(=O)c1ccc2ncsc2c1. The van der Waals surface area contributed by atoms with Gasteiger partial charge in [-0.1, -0.05) is 48.0 Å². The van der Waals surface area contributed by atoms with Gasteiger partial charge in [-0.3, -0.25) is 9.48 Å². The van der Waals surface area contributed by atoms with Crippen LogP contribution in [0.3, 0.4) is 0 Å². The third kappa shape index (κ3) is 8.64. The van der Waals surface area contributed by atoms with E-state index in [1.807, 2.05) is 19.1 Å². The van der Waals surface area contributed by atoms with Crippen molar-refractivity contribution in [1.82, 2.24) is 24.4 Å². The molecule has 2 heterocycles. The van der Waals surface area contributed by atoms with E-state index >= 15 is 0 Å². The van der Waals surface area contributed by atoms with Gasteiger partial charge in [0.2, 0.25) is 15.9 Å². The van der Waals surface area contributed by atoms with E-state index < -0.39 is 40.7 Å². The Morgan fingerprint density at radius 2 is 1.82 bits per heavy atom. The molecule has 0 saturated carbocycles. The molecule has 0 bridgehead atoms. The molecule has 0 aliphatic heterocycles. The number of aromatic nitrogens is 3. The number of ether oxygens (including phenoxy) is 1. The maximum atomic E-state index is 14.3. The smallest absolute Gasteiger partial charge is 0.407 e. The summed E-state index contributed by atoms with van der Waals surface area (Å²) < 4.78 is 37.0. The molecule has 0 aliphatic carbocycles. The Morgan fingerprint density at radius 1 is 1.08 bits per heavy atom. The van der Waals surface area contributed by atoms with Crippen LogP contribution in [-0.2, 0) is 46.0 Å². The van der Waals surface area contributed by atoms with E-state index in [1.165, 1.54) is 28.8 Å². The summed E-state index contributed by atoms with van der Waals surface area (Å²) in [5.41, 5.74) is 5.61. The number of alkyl carbamates (subject to hydrolysis) is 1. The summed E-state index contributed by atoms with van der Waals surface area (Å²) in [5, 5.41) is 21.0. The van der Waals surface area contributed by atoms with Gasteiger partial charge in [-0.05, 0) is 61.2 Å². The van der Waals surface area contributed by atoms with Crippen LogP contribution < -0.4 is 10.6 Å². The van der Waals surface area contributed by atoms with Crippen LogP contribution in [0.25, 0.3) is 10.2 Å². The number of methoxy groups -OCH3 is 1. The fraction of sp³-hybridized carbons (Fsp3) is 0.294. The van der Waals surface area contributed by atoms with Crippen molar-refractivity contribution in [3.63, 3.8) is 0 Å². The number of sulfonamides is 1. The number of hydrogen-bond donors (Lipinski definition) is 3. The number of nitrogens with one attached hydrogen (secondary N) is 2. The van der Waals surface area contributed by atoms with Crippen molar-refractivity contribution >= 4 is 60.9 Å². The van der Waals surface area contributed by atoms with Crippen molar-refractivity contribution in [2.75, 3.05) is 19.0 Å². The molecule has 0 fully saturated rings. The van der Waals surface area contributed by atoms with Gasteiger partial charge in [0.25, 0.3) is 0 Å². The normalized spacial score (nSPS) is 12.9. The van der Waals surface area contributed by atoms with Gasteiger partial charge in [0, 0.05) is 48.5 Å². The molecule has 49 heavy (non-hydrogen) atoms. The lowest BCUT2D eigenvalue weighted by molar-refractivity contribution is -0.118. The number of thiazole rings is 1. The summed E-state index contributed by atoms with van der Waals surface area (Å²) in [7, 11) is -1.12. The third-order valence-electron chi connectivity index (χ3n) is 8.17. The Balaban J connectivity index is 1.40. The first-order valence-corrected chi connectivity index (χ1v) is 18.1. The molecule has 258 valence electrons. The van der Waals surface area contributed by atoms with E-state index in [0.717, 1.165) is 4.70 Å². The monoisotopic (exact) mass is 724 g/mol. The number of para-hydroxylation sites is 1. The molecule has 5 rings (SSSR count). The molecule has 5 aromatic rings. The minimum atomic E-state index is -4.10. The minimum Gasteiger partial charge on any atom is -0.453 e. The summed E-state index contributed by atoms with van der Waals surface area (Å²) in [5.74, 6) is -0.494. The molecule has 0 saturated heterocycles. The van der Waals surface area contributed by atoms with Crippen LogP contribution >= 0.6 is 22.9 Å². The predicted octanol–water partition coefficient (Wildman–Crippen LogP) is 5.08. The van der Waals surface area contributed by atoms with E-state index in [9.17, 15) is 23.1 Å². The highest BCUT2D eigenvalue weighted by Crippen LogP contribution is 2.29. The summed E-state index contributed by atoms with van der Waals surface area (Å²) in [6, 6.07) is 17.1. The van der Waals surface area contributed by atoms with Gasteiger partial charge < -0.3 is 20.5 Å². The molecule has 2 amide bonds. The Labute approximate surface area is 293 Å². The van der Waals surface area contributed by atoms with Gasteiger partial charge in [0.1, 0.15) is 6.04 Å². The van der Waals surface area contributed by atoms with Crippen molar-refractivity contribution in [2.45, 2.75) is 49.7 Å². The Kier molecular flexibility index (Phi) is 11.7. The standard InChI is InChI=1S/C34H37ClN6O6S2/c1-22-25(18-40(2)39-22)19-41(49(45,46)27-14-15-30-32(17-27)48-21-36-30)26(20-42)13-12-23-8-5-7-11-29(23)37-33(43)31(38-34(44)47-3)16-24-9-4-6-10-28(24)35/h4-11,14-15,17-18,21,26,31,42H,12-13,16,19-20H2,1-3H3,(H,37,43)(H,38,44)/t26-,31-/m0/s1. The predicted molar refractivity (Wildman–Crippen MR) is 189 cm³/mol. The Bertz CT molecular complexity index is 2050. The van der Waals surface area contributed by atoms with Gasteiger partial charge >= 0.3 is 6.09 Å². The van der Waals surface area contributed by atoms with Crippen LogP contribution in [0.4, 0.5) is 10.5 Å². The first-order valence-electron chi connectivity index (χ1n) is 15.4. The molecule has 0 unspecified atom stereocenters. The summed E-state index contributed by atoms with van der Waals surface area (Å²) in [6.07, 6.45) is 1.65. The van der Waals surface area contributed by atoms with Crippen LogP contribution in [0.1, 0.15) is 28.8 Å². The van der Waals surface area contributed by atoms with Crippen molar-refractivity contribution < 1.29 is 27.9 Å². The van der Waals surface area contributed by atoms with Gasteiger partial charge in [-0.15, -0.1) is 11.3 Å². The van der Waals surface area contributed by atoms with Crippen LogP contribution in [0, 0.1) is 6.92 Å². The number of aliphatic hydroxyl groups is 1. The Hall–Kier alpha value is -4.34. The first-order chi connectivity index (χ1) is 23.5. The maximum Gasteiger partial charge on any atom is 0.407 e. The number of fused-ring (bicyclic) bond motifs is 1. The summed E-state index contributed by atoms with van der Waals surface area (Å²) in [6.45, 7) is 1.36. The van der Waals surface area contributed by atoms with Gasteiger partial charge in [0.15, 0.2) is 0 Å². The van der Waals surface area contributed by atoms with Crippen molar-refractivity contribution in [3.05, 3.63) is 106 Å². The number of carbonyl (C=O) groups is 2. The molecule has 0 radical (unpaired) electrons. The second kappa shape index (κ2) is 15.9. The molecule has 3 N–H and O–H groups in total. The van der Waals surface area contributed by atoms with Crippen molar-refractivity contribution in [3.8, 4) is 0 Å². The lowest BCUT2D eigenvalue weighted by atomic mass is 10.0. The average Bonchev–Trinajstić information content (AvgIpc) is 3.69. The van der Waals surface area contributed by atoms with Crippen molar-refractivity contribution in [2.24, 2.45) is 7.05 Å². The highest BCUT2D eigenvalue weighted by Gasteiger charge is 2.33. The lowest BCUT2D eigenvalue weighted by Crippen LogP contribution is -2.45. The zero-order valence-corrected chi connectivity index (χ0v) is 29.6. The summed E-state index contributed by atoms with van der Waals surface area (Å²) in [4.78, 5) is 30.1. The zero-order chi connectivity index (χ0) is 35.1. The van der Waals surface area contributed by atoms with Crippen molar-refractivity contribution in [1.29, 1.82) is 0 Å². The molecular formula is C34H37ClN6O6S2.